The Kier molecular flexibility index (Phi) is 4.04. The molecule has 0 spiro atoms. The summed E-state index contributed by atoms with van der Waals surface area (Å²) < 4.78 is 2.84. The van der Waals surface area contributed by atoms with E-state index >= 15 is 0 Å². The lowest BCUT2D eigenvalue weighted by Crippen LogP contribution is -2.16. The molecule has 0 bridgehead atoms. The zero-order valence-corrected chi connectivity index (χ0v) is 12.7. The largest absolute Gasteiger partial charge is 0.384 e. The van der Waals surface area contributed by atoms with E-state index in [0.29, 0.717) is 5.56 Å². The van der Waals surface area contributed by atoms with Crippen molar-refractivity contribution in [3.63, 3.8) is 0 Å². The van der Waals surface area contributed by atoms with Crippen molar-refractivity contribution in [3.8, 4) is 5.69 Å². The van der Waals surface area contributed by atoms with Gasteiger partial charge in [-0.3, -0.25) is 5.41 Å². The van der Waals surface area contributed by atoms with Crippen LogP contribution in [0.15, 0.2) is 28.7 Å². The highest BCUT2D eigenvalue weighted by Crippen LogP contribution is 2.22. The first-order valence-corrected chi connectivity index (χ1v) is 7.08. The molecule has 2 rings (SSSR count). The fraction of sp³-hybridized carbons (Fsp3) is 0.286. The van der Waals surface area contributed by atoms with Gasteiger partial charge in [0.05, 0.1) is 11.4 Å². The van der Waals surface area contributed by atoms with E-state index in [1.807, 2.05) is 22.9 Å². The quantitative estimate of drug-likeness (QED) is 0.671. The van der Waals surface area contributed by atoms with Gasteiger partial charge in [-0.15, -0.1) is 0 Å². The molecule has 3 N–H and O–H groups in total. The highest BCUT2D eigenvalue weighted by Gasteiger charge is 2.13. The fourth-order valence-electron chi connectivity index (χ4n) is 2.02. The summed E-state index contributed by atoms with van der Waals surface area (Å²) >= 11 is 3.46. The number of benzene rings is 1. The fourth-order valence-corrected chi connectivity index (χ4v) is 2.36. The van der Waals surface area contributed by atoms with Crippen molar-refractivity contribution in [1.82, 2.24) is 9.78 Å². The van der Waals surface area contributed by atoms with Crippen molar-refractivity contribution >= 4 is 21.8 Å². The molecule has 4 nitrogen and oxygen atoms in total. The number of aromatic nitrogens is 2. The van der Waals surface area contributed by atoms with Gasteiger partial charge in [0.2, 0.25) is 0 Å². The third-order valence-electron chi connectivity index (χ3n) is 3.04. The molecule has 0 saturated carbocycles. The lowest BCUT2D eigenvalue weighted by molar-refractivity contribution is 0.792. The number of aryl methyl sites for hydroxylation is 2. The third-order valence-corrected chi connectivity index (χ3v) is 3.53. The van der Waals surface area contributed by atoms with E-state index in [0.717, 1.165) is 34.4 Å². The molecule has 100 valence electrons. The van der Waals surface area contributed by atoms with Crippen molar-refractivity contribution in [2.45, 2.75) is 26.7 Å². The van der Waals surface area contributed by atoms with E-state index in [1.165, 1.54) is 0 Å². The topological polar surface area (TPSA) is 67.7 Å². The van der Waals surface area contributed by atoms with E-state index < -0.39 is 0 Å². The number of nitrogens with two attached hydrogens (primary N) is 1. The van der Waals surface area contributed by atoms with Gasteiger partial charge in [0.25, 0.3) is 0 Å². The Bertz CT molecular complexity index is 616. The Morgan fingerprint density at radius 3 is 2.63 bits per heavy atom. The SMILES string of the molecule is CCc1cc(CC)n(-c2cc(Br)ccc2C(=N)N)n1. The minimum absolute atomic E-state index is 0.0538. The van der Waals surface area contributed by atoms with Crippen LogP contribution < -0.4 is 5.73 Å². The maximum Gasteiger partial charge on any atom is 0.124 e. The third kappa shape index (κ3) is 2.71. The van der Waals surface area contributed by atoms with Crippen LogP contribution in [0.4, 0.5) is 0 Å². The molecule has 1 aromatic heterocycles. The minimum atomic E-state index is 0.0538. The molecule has 0 aliphatic carbocycles. The summed E-state index contributed by atoms with van der Waals surface area (Å²) in [6, 6.07) is 7.78. The Morgan fingerprint density at radius 1 is 1.32 bits per heavy atom. The number of nitrogens with one attached hydrogen (secondary N) is 1. The summed E-state index contributed by atoms with van der Waals surface area (Å²) in [4.78, 5) is 0. The summed E-state index contributed by atoms with van der Waals surface area (Å²) in [7, 11) is 0. The molecule has 1 heterocycles. The van der Waals surface area contributed by atoms with Crippen LogP contribution in [0.25, 0.3) is 5.69 Å². The number of amidine groups is 1. The van der Waals surface area contributed by atoms with Gasteiger partial charge in [-0.05, 0) is 37.1 Å². The second-order valence-corrected chi connectivity index (χ2v) is 5.24. The first kappa shape index (κ1) is 13.8. The Labute approximate surface area is 121 Å². The lowest BCUT2D eigenvalue weighted by atomic mass is 10.1. The molecule has 0 unspecified atom stereocenters. The van der Waals surface area contributed by atoms with Gasteiger partial charge in [0, 0.05) is 15.7 Å². The van der Waals surface area contributed by atoms with Gasteiger partial charge in [-0.25, -0.2) is 4.68 Å². The molecular formula is C14H17BrN4. The number of rotatable bonds is 4. The number of hydrogen-bond acceptors (Lipinski definition) is 2. The highest BCUT2D eigenvalue weighted by atomic mass is 79.9. The Balaban J connectivity index is 2.66. The molecule has 0 atom stereocenters. The van der Waals surface area contributed by atoms with Gasteiger partial charge < -0.3 is 5.73 Å². The van der Waals surface area contributed by atoms with E-state index in [2.05, 4.69) is 40.9 Å². The van der Waals surface area contributed by atoms with Gasteiger partial charge in [0.1, 0.15) is 5.84 Å². The molecule has 2 aromatic rings. The second kappa shape index (κ2) is 5.57. The van der Waals surface area contributed by atoms with Crippen LogP contribution in [0.5, 0.6) is 0 Å². The van der Waals surface area contributed by atoms with Crippen molar-refractivity contribution in [2.75, 3.05) is 0 Å². The summed E-state index contributed by atoms with van der Waals surface area (Å²) in [6.45, 7) is 4.18. The molecule has 0 fully saturated rings. The molecule has 1 aromatic carbocycles. The van der Waals surface area contributed by atoms with Crippen molar-refractivity contribution in [1.29, 1.82) is 5.41 Å². The summed E-state index contributed by atoms with van der Waals surface area (Å²) in [6.07, 6.45) is 1.78. The molecule has 0 amide bonds. The molecule has 0 saturated heterocycles. The average molecular weight is 321 g/mol. The Morgan fingerprint density at radius 2 is 2.05 bits per heavy atom. The van der Waals surface area contributed by atoms with Crippen LogP contribution in [0.1, 0.15) is 30.8 Å². The van der Waals surface area contributed by atoms with E-state index in [9.17, 15) is 0 Å². The van der Waals surface area contributed by atoms with Crippen LogP contribution in [0, 0.1) is 5.41 Å². The number of hydrogen-bond donors (Lipinski definition) is 2. The van der Waals surface area contributed by atoms with Gasteiger partial charge in [0.15, 0.2) is 0 Å². The van der Waals surface area contributed by atoms with E-state index in [1.54, 1.807) is 0 Å². The predicted molar refractivity (Wildman–Crippen MR) is 81.0 cm³/mol. The average Bonchev–Trinajstić information content (AvgIpc) is 2.81. The molecule has 0 radical (unpaired) electrons. The van der Waals surface area contributed by atoms with Gasteiger partial charge in [-0.2, -0.15) is 5.10 Å². The summed E-state index contributed by atoms with van der Waals surface area (Å²) in [5, 5.41) is 12.3. The first-order valence-electron chi connectivity index (χ1n) is 6.29. The van der Waals surface area contributed by atoms with Crippen LogP contribution in [0.3, 0.4) is 0 Å². The highest BCUT2D eigenvalue weighted by molar-refractivity contribution is 9.10. The zero-order valence-electron chi connectivity index (χ0n) is 11.1. The number of halogens is 1. The van der Waals surface area contributed by atoms with Gasteiger partial charge in [-0.1, -0.05) is 29.8 Å². The second-order valence-electron chi connectivity index (χ2n) is 4.32. The van der Waals surface area contributed by atoms with Crippen LogP contribution in [-0.4, -0.2) is 15.6 Å². The van der Waals surface area contributed by atoms with Crippen molar-refractivity contribution < 1.29 is 0 Å². The molecule has 19 heavy (non-hydrogen) atoms. The normalized spacial score (nSPS) is 10.7. The smallest absolute Gasteiger partial charge is 0.124 e. The van der Waals surface area contributed by atoms with Gasteiger partial charge >= 0.3 is 0 Å². The number of nitrogen functional groups attached to an aromatic ring is 1. The molecule has 5 heteroatoms. The van der Waals surface area contributed by atoms with E-state index in [4.69, 9.17) is 11.1 Å². The molecule has 0 aliphatic rings. The first-order chi connectivity index (χ1) is 9.06. The van der Waals surface area contributed by atoms with Crippen molar-refractivity contribution in [2.24, 2.45) is 5.73 Å². The lowest BCUT2D eigenvalue weighted by Gasteiger charge is -2.11. The summed E-state index contributed by atoms with van der Waals surface area (Å²) in [5.74, 6) is 0.0538. The Hall–Kier alpha value is -1.62. The monoisotopic (exact) mass is 320 g/mol. The van der Waals surface area contributed by atoms with E-state index in [-0.39, 0.29) is 5.84 Å². The standard InChI is InChI=1S/C14H17BrN4/c1-3-10-8-11(4-2)19(18-10)13-7-9(15)5-6-12(13)14(16)17/h5-8H,3-4H2,1-2H3,(H3,16,17). The molecular weight excluding hydrogens is 304 g/mol. The minimum Gasteiger partial charge on any atom is -0.384 e. The van der Waals surface area contributed by atoms with Crippen LogP contribution in [-0.2, 0) is 12.8 Å². The zero-order chi connectivity index (χ0) is 14.0. The summed E-state index contributed by atoms with van der Waals surface area (Å²) in [5.41, 5.74) is 9.37. The van der Waals surface area contributed by atoms with Crippen LogP contribution >= 0.6 is 15.9 Å². The maximum atomic E-state index is 7.70. The van der Waals surface area contributed by atoms with Crippen LogP contribution in [0.2, 0.25) is 0 Å². The predicted octanol–water partition coefficient (Wildman–Crippen LogP) is 3.04. The molecule has 0 aliphatic heterocycles. The number of nitrogens with zero attached hydrogens (tertiary/aromatic N) is 2. The van der Waals surface area contributed by atoms with Crippen molar-refractivity contribution in [3.05, 3.63) is 45.7 Å². The maximum absolute atomic E-state index is 7.70.